The van der Waals surface area contributed by atoms with Crippen LogP contribution >= 0.6 is 15.9 Å². The number of aliphatic hydroxyl groups is 1. The number of aliphatic hydroxyl groups excluding tert-OH is 1. The Morgan fingerprint density at radius 2 is 2.05 bits per heavy atom. The normalized spacial score (nSPS) is 20.0. The van der Waals surface area contributed by atoms with Crippen molar-refractivity contribution >= 4 is 15.9 Å². The van der Waals surface area contributed by atoms with Crippen molar-refractivity contribution in [2.24, 2.45) is 11.1 Å². The summed E-state index contributed by atoms with van der Waals surface area (Å²) < 4.78 is 6.33. The SMILES string of the molecule is COc1ccc(Br)cc1C(O)C1(CN)CCCCC1. The van der Waals surface area contributed by atoms with Gasteiger partial charge < -0.3 is 15.6 Å². The molecule has 0 spiro atoms. The van der Waals surface area contributed by atoms with E-state index in [1.807, 2.05) is 18.2 Å². The minimum Gasteiger partial charge on any atom is -0.496 e. The van der Waals surface area contributed by atoms with E-state index < -0.39 is 6.10 Å². The number of hydrogen-bond donors (Lipinski definition) is 2. The van der Waals surface area contributed by atoms with Gasteiger partial charge >= 0.3 is 0 Å². The number of benzene rings is 1. The molecule has 1 aromatic rings. The highest BCUT2D eigenvalue weighted by Crippen LogP contribution is 2.47. The molecule has 2 rings (SSSR count). The molecule has 0 heterocycles. The summed E-state index contributed by atoms with van der Waals surface area (Å²) in [5.74, 6) is 0.731. The lowest BCUT2D eigenvalue weighted by Crippen LogP contribution is -2.38. The molecule has 1 atom stereocenters. The van der Waals surface area contributed by atoms with E-state index in [0.717, 1.165) is 41.5 Å². The molecule has 106 valence electrons. The summed E-state index contributed by atoms with van der Waals surface area (Å²) in [6, 6.07) is 5.75. The lowest BCUT2D eigenvalue weighted by molar-refractivity contribution is -0.000740. The average Bonchev–Trinajstić information content (AvgIpc) is 2.47. The van der Waals surface area contributed by atoms with Crippen LogP contribution in [0.15, 0.2) is 22.7 Å². The van der Waals surface area contributed by atoms with Gasteiger partial charge in [-0.25, -0.2) is 0 Å². The van der Waals surface area contributed by atoms with Crippen molar-refractivity contribution in [2.75, 3.05) is 13.7 Å². The van der Waals surface area contributed by atoms with Gasteiger partial charge in [-0.2, -0.15) is 0 Å². The molecule has 1 fully saturated rings. The van der Waals surface area contributed by atoms with Crippen molar-refractivity contribution in [1.29, 1.82) is 0 Å². The minimum absolute atomic E-state index is 0.202. The van der Waals surface area contributed by atoms with Crippen molar-refractivity contribution in [1.82, 2.24) is 0 Å². The molecule has 0 bridgehead atoms. The highest BCUT2D eigenvalue weighted by atomic mass is 79.9. The first-order chi connectivity index (χ1) is 9.13. The highest BCUT2D eigenvalue weighted by Gasteiger charge is 2.39. The second-order valence-corrected chi connectivity index (χ2v) is 6.33. The molecule has 0 amide bonds. The first kappa shape index (κ1) is 14.8. The summed E-state index contributed by atoms with van der Waals surface area (Å²) in [6.07, 6.45) is 4.94. The fourth-order valence-corrected chi connectivity index (χ4v) is 3.47. The fourth-order valence-electron chi connectivity index (χ4n) is 3.09. The summed E-state index contributed by atoms with van der Waals surface area (Å²) in [4.78, 5) is 0. The Morgan fingerprint density at radius 3 is 2.63 bits per heavy atom. The van der Waals surface area contributed by atoms with Gasteiger partial charge in [-0.1, -0.05) is 35.2 Å². The summed E-state index contributed by atoms with van der Waals surface area (Å²) in [5, 5.41) is 10.9. The molecule has 1 unspecified atom stereocenters. The quantitative estimate of drug-likeness (QED) is 0.891. The molecule has 1 aliphatic rings. The van der Waals surface area contributed by atoms with Gasteiger partial charge in [0.25, 0.3) is 0 Å². The molecule has 1 aliphatic carbocycles. The maximum Gasteiger partial charge on any atom is 0.124 e. The first-order valence-corrected chi connectivity index (χ1v) is 7.64. The Labute approximate surface area is 123 Å². The van der Waals surface area contributed by atoms with Gasteiger partial charge in [-0.05, 0) is 31.0 Å². The molecular weight excluding hydrogens is 306 g/mol. The fraction of sp³-hybridized carbons (Fsp3) is 0.600. The Hall–Kier alpha value is -0.580. The van der Waals surface area contributed by atoms with Crippen LogP contribution in [0.5, 0.6) is 5.75 Å². The van der Waals surface area contributed by atoms with Gasteiger partial charge in [-0.3, -0.25) is 0 Å². The van der Waals surface area contributed by atoms with Crippen LogP contribution in [-0.4, -0.2) is 18.8 Å². The van der Waals surface area contributed by atoms with Crippen LogP contribution in [0.2, 0.25) is 0 Å². The van der Waals surface area contributed by atoms with Crippen molar-refractivity contribution in [3.05, 3.63) is 28.2 Å². The van der Waals surface area contributed by atoms with Crippen LogP contribution in [0.4, 0.5) is 0 Å². The smallest absolute Gasteiger partial charge is 0.124 e. The number of nitrogens with two attached hydrogens (primary N) is 1. The topological polar surface area (TPSA) is 55.5 Å². The summed E-state index contributed by atoms with van der Waals surface area (Å²) >= 11 is 3.46. The van der Waals surface area contributed by atoms with Crippen LogP contribution in [-0.2, 0) is 0 Å². The number of methoxy groups -OCH3 is 1. The van der Waals surface area contributed by atoms with Crippen LogP contribution in [0.1, 0.15) is 43.8 Å². The Bertz CT molecular complexity index is 430. The maximum atomic E-state index is 10.9. The van der Waals surface area contributed by atoms with Crippen LogP contribution in [0.25, 0.3) is 0 Å². The van der Waals surface area contributed by atoms with Gasteiger partial charge in [0.05, 0.1) is 13.2 Å². The zero-order valence-electron chi connectivity index (χ0n) is 11.4. The van der Waals surface area contributed by atoms with Crippen molar-refractivity contribution in [3.63, 3.8) is 0 Å². The predicted octanol–water partition coefficient (Wildman–Crippen LogP) is 3.40. The largest absolute Gasteiger partial charge is 0.496 e. The van der Waals surface area contributed by atoms with Gasteiger partial charge in [-0.15, -0.1) is 0 Å². The van der Waals surface area contributed by atoms with E-state index in [2.05, 4.69) is 15.9 Å². The molecule has 1 saturated carbocycles. The van der Waals surface area contributed by atoms with Gasteiger partial charge in [0.15, 0.2) is 0 Å². The van der Waals surface area contributed by atoms with Crippen molar-refractivity contribution in [2.45, 2.75) is 38.2 Å². The average molecular weight is 328 g/mol. The third kappa shape index (κ3) is 2.96. The third-order valence-corrected chi connectivity index (χ3v) is 4.82. The van der Waals surface area contributed by atoms with E-state index in [9.17, 15) is 5.11 Å². The molecule has 1 aromatic carbocycles. The van der Waals surface area contributed by atoms with Crippen LogP contribution in [0, 0.1) is 5.41 Å². The highest BCUT2D eigenvalue weighted by molar-refractivity contribution is 9.10. The first-order valence-electron chi connectivity index (χ1n) is 6.84. The molecule has 0 aliphatic heterocycles. The van der Waals surface area contributed by atoms with E-state index >= 15 is 0 Å². The zero-order chi connectivity index (χ0) is 13.9. The van der Waals surface area contributed by atoms with Crippen LogP contribution < -0.4 is 10.5 Å². The van der Waals surface area contributed by atoms with Crippen LogP contribution in [0.3, 0.4) is 0 Å². The molecule has 3 N–H and O–H groups in total. The monoisotopic (exact) mass is 327 g/mol. The number of rotatable bonds is 4. The summed E-state index contributed by atoms with van der Waals surface area (Å²) in [6.45, 7) is 0.518. The standard InChI is InChI=1S/C15H22BrNO2/c1-19-13-6-5-11(16)9-12(13)14(18)15(10-17)7-3-2-4-8-15/h5-6,9,14,18H,2-4,7-8,10,17H2,1H3. The Kier molecular flexibility index (Phi) is 4.87. The van der Waals surface area contributed by atoms with E-state index in [0.29, 0.717) is 6.54 Å². The number of hydrogen-bond acceptors (Lipinski definition) is 3. The Balaban J connectivity index is 2.36. The lowest BCUT2D eigenvalue weighted by atomic mass is 9.68. The van der Waals surface area contributed by atoms with Gasteiger partial charge in [0, 0.05) is 22.0 Å². The van der Waals surface area contributed by atoms with Gasteiger partial charge in [0.1, 0.15) is 5.75 Å². The molecule has 4 heteroatoms. The second kappa shape index (κ2) is 6.25. The van der Waals surface area contributed by atoms with Crippen molar-refractivity contribution < 1.29 is 9.84 Å². The molecular formula is C15H22BrNO2. The summed E-state index contributed by atoms with van der Waals surface area (Å²) in [5.41, 5.74) is 6.63. The minimum atomic E-state index is -0.565. The molecule has 0 saturated heterocycles. The van der Waals surface area contributed by atoms with Crippen molar-refractivity contribution in [3.8, 4) is 5.75 Å². The van der Waals surface area contributed by atoms with E-state index in [4.69, 9.17) is 10.5 Å². The van der Waals surface area contributed by atoms with E-state index in [1.54, 1.807) is 7.11 Å². The molecule has 3 nitrogen and oxygen atoms in total. The molecule has 19 heavy (non-hydrogen) atoms. The second-order valence-electron chi connectivity index (χ2n) is 5.42. The predicted molar refractivity (Wildman–Crippen MR) is 80.2 cm³/mol. The van der Waals surface area contributed by atoms with Gasteiger partial charge in [0.2, 0.25) is 0 Å². The number of ether oxygens (including phenoxy) is 1. The third-order valence-electron chi connectivity index (χ3n) is 4.32. The summed E-state index contributed by atoms with van der Waals surface area (Å²) in [7, 11) is 1.63. The lowest BCUT2D eigenvalue weighted by Gasteiger charge is -2.40. The molecule has 0 aromatic heterocycles. The van der Waals surface area contributed by atoms with E-state index in [-0.39, 0.29) is 5.41 Å². The Morgan fingerprint density at radius 1 is 1.37 bits per heavy atom. The van der Waals surface area contributed by atoms with E-state index in [1.165, 1.54) is 6.42 Å². The zero-order valence-corrected chi connectivity index (χ0v) is 12.9. The molecule has 0 radical (unpaired) electrons. The maximum absolute atomic E-state index is 10.9. The number of halogens is 1.